The minimum absolute atomic E-state index is 0.0932. The molecule has 0 fully saturated rings. The Hall–Kier alpha value is -2.43. The first-order valence-electron chi connectivity index (χ1n) is 6.25. The van der Waals surface area contributed by atoms with E-state index in [0.717, 1.165) is 6.08 Å². The Balaban J connectivity index is 3.26. The number of ether oxygens (including phenoxy) is 1. The lowest BCUT2D eigenvalue weighted by atomic mass is 10.00. The summed E-state index contributed by atoms with van der Waals surface area (Å²) in [5, 5.41) is 8.63. The van der Waals surface area contributed by atoms with Crippen LogP contribution in [0.25, 0.3) is 6.08 Å². The van der Waals surface area contributed by atoms with Crippen LogP contribution in [0.3, 0.4) is 0 Å². The van der Waals surface area contributed by atoms with Crippen LogP contribution >= 0.6 is 0 Å². The van der Waals surface area contributed by atoms with Crippen LogP contribution in [0.2, 0.25) is 0 Å². The van der Waals surface area contributed by atoms with E-state index in [4.69, 9.17) is 9.84 Å². The van der Waals surface area contributed by atoms with Gasteiger partial charge >= 0.3 is 11.9 Å². The molecule has 0 amide bonds. The van der Waals surface area contributed by atoms with Gasteiger partial charge in [-0.2, -0.15) is 0 Å². The fourth-order valence-electron chi connectivity index (χ4n) is 1.63. The van der Waals surface area contributed by atoms with Gasteiger partial charge in [-0.15, -0.1) is 0 Å². The molecule has 0 unspecified atom stereocenters. The molecule has 0 aliphatic carbocycles. The molecule has 0 aromatic heterocycles. The molecule has 5 heteroatoms. The normalized spacial score (nSPS) is 10.5. The summed E-state index contributed by atoms with van der Waals surface area (Å²) in [4.78, 5) is 34.1. The molecule has 0 bridgehead atoms. The molecule has 0 aliphatic heterocycles. The second-order valence-corrected chi connectivity index (χ2v) is 3.97. The lowest BCUT2D eigenvalue weighted by molar-refractivity contribution is -0.131. The van der Waals surface area contributed by atoms with Crippen molar-refractivity contribution in [1.29, 1.82) is 0 Å². The number of ketones is 1. The molecule has 0 aliphatic rings. The molecule has 0 heterocycles. The molecule has 1 aromatic carbocycles. The van der Waals surface area contributed by atoms with E-state index in [1.165, 1.54) is 18.2 Å². The van der Waals surface area contributed by atoms with Gasteiger partial charge in [-0.3, -0.25) is 4.79 Å². The van der Waals surface area contributed by atoms with Crippen LogP contribution < -0.4 is 0 Å². The van der Waals surface area contributed by atoms with Crippen molar-refractivity contribution >= 4 is 23.8 Å². The third-order valence-corrected chi connectivity index (χ3v) is 2.60. The van der Waals surface area contributed by atoms with Crippen LogP contribution in [0, 0.1) is 0 Å². The number of rotatable bonds is 6. The molecule has 106 valence electrons. The Kier molecular flexibility index (Phi) is 5.65. The molecule has 0 radical (unpaired) electrons. The summed E-state index contributed by atoms with van der Waals surface area (Å²) in [6.07, 6.45) is 2.56. The number of esters is 1. The highest BCUT2D eigenvalue weighted by atomic mass is 16.5. The van der Waals surface area contributed by atoms with Crippen LogP contribution in [-0.4, -0.2) is 29.4 Å². The van der Waals surface area contributed by atoms with Crippen molar-refractivity contribution in [2.45, 2.75) is 20.3 Å². The number of carboxylic acids is 1. The van der Waals surface area contributed by atoms with Crippen LogP contribution in [-0.2, 0) is 9.53 Å². The topological polar surface area (TPSA) is 80.7 Å². The maximum Gasteiger partial charge on any atom is 0.338 e. The molecule has 0 atom stereocenters. The Morgan fingerprint density at radius 3 is 2.50 bits per heavy atom. The second-order valence-electron chi connectivity index (χ2n) is 3.97. The van der Waals surface area contributed by atoms with Gasteiger partial charge in [0.1, 0.15) is 0 Å². The summed E-state index contributed by atoms with van der Waals surface area (Å²) in [7, 11) is 0. The maximum absolute atomic E-state index is 11.9. The SMILES string of the molecule is CCOC(=O)c1cc(C(=O)CC)ccc1/C=C/C(=O)O. The van der Waals surface area contributed by atoms with Gasteiger partial charge < -0.3 is 9.84 Å². The van der Waals surface area contributed by atoms with Crippen LogP contribution in [0.4, 0.5) is 0 Å². The number of carbonyl (C=O) groups is 3. The highest BCUT2D eigenvalue weighted by Gasteiger charge is 2.14. The highest BCUT2D eigenvalue weighted by Crippen LogP contribution is 2.17. The van der Waals surface area contributed by atoms with E-state index in [2.05, 4.69) is 0 Å². The first-order chi connectivity index (χ1) is 9.49. The summed E-state index contributed by atoms with van der Waals surface area (Å²) in [6, 6.07) is 4.54. The standard InChI is InChI=1S/C15H16O5/c1-3-13(16)11-6-5-10(7-8-14(17)18)12(9-11)15(19)20-4-2/h5-9H,3-4H2,1-2H3,(H,17,18)/b8-7+. The average molecular weight is 276 g/mol. The van der Waals surface area contributed by atoms with E-state index < -0.39 is 11.9 Å². The zero-order valence-corrected chi connectivity index (χ0v) is 11.4. The van der Waals surface area contributed by atoms with Crippen molar-refractivity contribution in [3.8, 4) is 0 Å². The lowest BCUT2D eigenvalue weighted by Gasteiger charge is -2.07. The van der Waals surface area contributed by atoms with E-state index in [1.807, 2.05) is 0 Å². The highest BCUT2D eigenvalue weighted by molar-refractivity contribution is 6.01. The number of carbonyl (C=O) groups excluding carboxylic acids is 2. The van der Waals surface area contributed by atoms with E-state index in [1.54, 1.807) is 19.9 Å². The maximum atomic E-state index is 11.9. The number of hydrogen-bond donors (Lipinski definition) is 1. The van der Waals surface area contributed by atoms with E-state index in [-0.39, 0.29) is 18.0 Å². The predicted molar refractivity (Wildman–Crippen MR) is 73.7 cm³/mol. The first kappa shape index (κ1) is 15.6. The quantitative estimate of drug-likeness (QED) is 0.490. The van der Waals surface area contributed by atoms with Crippen molar-refractivity contribution in [3.05, 3.63) is 41.0 Å². The van der Waals surface area contributed by atoms with E-state index in [9.17, 15) is 14.4 Å². The number of hydrogen-bond acceptors (Lipinski definition) is 4. The summed E-state index contributed by atoms with van der Waals surface area (Å²) >= 11 is 0. The number of carboxylic acid groups (broad SMARTS) is 1. The Morgan fingerprint density at radius 1 is 1.25 bits per heavy atom. The van der Waals surface area contributed by atoms with E-state index in [0.29, 0.717) is 17.5 Å². The summed E-state index contributed by atoms with van der Waals surface area (Å²) in [6.45, 7) is 3.60. The second kappa shape index (κ2) is 7.23. The molecule has 1 aromatic rings. The minimum atomic E-state index is -1.12. The molecular formula is C15H16O5. The molecule has 5 nitrogen and oxygen atoms in total. The zero-order valence-electron chi connectivity index (χ0n) is 11.4. The monoisotopic (exact) mass is 276 g/mol. The molecule has 1 rings (SSSR count). The van der Waals surface area contributed by atoms with Gasteiger partial charge in [0, 0.05) is 18.1 Å². The Labute approximate surface area is 116 Å². The summed E-state index contributed by atoms with van der Waals surface area (Å²) in [5.41, 5.74) is 0.991. The summed E-state index contributed by atoms with van der Waals surface area (Å²) in [5.74, 6) is -1.79. The summed E-state index contributed by atoms with van der Waals surface area (Å²) < 4.78 is 4.91. The molecule has 20 heavy (non-hydrogen) atoms. The van der Waals surface area contributed by atoms with Crippen molar-refractivity contribution in [2.24, 2.45) is 0 Å². The van der Waals surface area contributed by atoms with Crippen LogP contribution in [0.1, 0.15) is 46.5 Å². The van der Waals surface area contributed by atoms with Gasteiger partial charge in [0.15, 0.2) is 5.78 Å². The first-order valence-corrected chi connectivity index (χ1v) is 6.25. The average Bonchev–Trinajstić information content (AvgIpc) is 2.44. The van der Waals surface area contributed by atoms with Gasteiger partial charge in [0.25, 0.3) is 0 Å². The third-order valence-electron chi connectivity index (χ3n) is 2.60. The van der Waals surface area contributed by atoms with Gasteiger partial charge in [-0.25, -0.2) is 9.59 Å². The van der Waals surface area contributed by atoms with Crippen molar-refractivity contribution in [2.75, 3.05) is 6.61 Å². The minimum Gasteiger partial charge on any atom is -0.478 e. The number of Topliss-reactive ketones (excluding diaryl/α,β-unsaturated/α-hetero) is 1. The van der Waals surface area contributed by atoms with Gasteiger partial charge in [0.05, 0.1) is 12.2 Å². The Bertz CT molecular complexity index is 557. The van der Waals surface area contributed by atoms with Crippen molar-refractivity contribution < 1.29 is 24.2 Å². The fraction of sp³-hybridized carbons (Fsp3) is 0.267. The molecule has 0 saturated heterocycles. The predicted octanol–water partition coefficient (Wildman–Crippen LogP) is 2.55. The van der Waals surface area contributed by atoms with Crippen LogP contribution in [0.5, 0.6) is 0 Å². The van der Waals surface area contributed by atoms with Crippen LogP contribution in [0.15, 0.2) is 24.3 Å². The lowest BCUT2D eigenvalue weighted by Crippen LogP contribution is -2.09. The van der Waals surface area contributed by atoms with Crippen molar-refractivity contribution in [3.63, 3.8) is 0 Å². The molecule has 0 spiro atoms. The van der Waals surface area contributed by atoms with Gasteiger partial charge in [-0.1, -0.05) is 19.1 Å². The van der Waals surface area contributed by atoms with E-state index >= 15 is 0 Å². The molecular weight excluding hydrogens is 260 g/mol. The van der Waals surface area contributed by atoms with Crippen molar-refractivity contribution in [1.82, 2.24) is 0 Å². The van der Waals surface area contributed by atoms with Gasteiger partial charge in [0.2, 0.25) is 0 Å². The number of benzene rings is 1. The fourth-order valence-corrected chi connectivity index (χ4v) is 1.63. The zero-order chi connectivity index (χ0) is 15.1. The molecule has 1 N–H and O–H groups in total. The largest absolute Gasteiger partial charge is 0.478 e. The van der Waals surface area contributed by atoms with Gasteiger partial charge in [-0.05, 0) is 24.6 Å². The molecule has 0 saturated carbocycles. The Morgan fingerprint density at radius 2 is 1.95 bits per heavy atom. The smallest absolute Gasteiger partial charge is 0.338 e. The number of aliphatic carboxylic acids is 1. The third kappa shape index (κ3) is 4.05.